The average Bonchev–Trinajstić information content (AvgIpc) is 2.34. The molecule has 1 rings (SSSR count). The summed E-state index contributed by atoms with van der Waals surface area (Å²) in [6.45, 7) is 5.05. The van der Waals surface area contributed by atoms with Gasteiger partial charge in [0, 0.05) is 18.0 Å². The lowest BCUT2D eigenvalue weighted by atomic mass is 10.0. The van der Waals surface area contributed by atoms with Crippen molar-refractivity contribution >= 4 is 5.91 Å². The lowest BCUT2D eigenvalue weighted by molar-refractivity contribution is -0.120. The molecule has 1 aromatic rings. The van der Waals surface area contributed by atoms with Crippen LogP contribution in [-0.4, -0.2) is 19.0 Å². The number of carbonyl (C=O) groups is 1. The van der Waals surface area contributed by atoms with Crippen molar-refractivity contribution in [1.29, 1.82) is 0 Å². The Morgan fingerprint density at radius 2 is 2.17 bits per heavy atom. The molecule has 1 amide bonds. The summed E-state index contributed by atoms with van der Waals surface area (Å²) in [5.41, 5.74) is 11.5. The number of hydrogen-bond acceptors (Lipinski definition) is 2. The van der Waals surface area contributed by atoms with Crippen molar-refractivity contribution in [3.63, 3.8) is 0 Å². The van der Waals surface area contributed by atoms with Crippen LogP contribution in [0.4, 0.5) is 0 Å². The van der Waals surface area contributed by atoms with Crippen LogP contribution >= 0.6 is 0 Å². The predicted octanol–water partition coefficient (Wildman–Crippen LogP) is 2.66. The standard InChI is InChI=1S/C13H18N4O/c1-10-4-5-12(8-11(10)2)9-13(18)15-6-3-7-16-17-14/h4-5,8H,3,6-7,9H2,1-2H3,(H,15,18). The molecule has 18 heavy (non-hydrogen) atoms. The summed E-state index contributed by atoms with van der Waals surface area (Å²) in [4.78, 5) is 14.3. The van der Waals surface area contributed by atoms with Gasteiger partial charge in [-0.3, -0.25) is 4.79 Å². The van der Waals surface area contributed by atoms with E-state index in [0.29, 0.717) is 25.9 Å². The fraction of sp³-hybridized carbons (Fsp3) is 0.462. The van der Waals surface area contributed by atoms with Crippen LogP contribution < -0.4 is 5.32 Å². The first-order chi connectivity index (χ1) is 8.63. The SMILES string of the molecule is Cc1ccc(CC(=O)NCCCN=[N+]=[N-])cc1C. The minimum absolute atomic E-state index is 0.000750. The Kier molecular flexibility index (Phi) is 5.74. The van der Waals surface area contributed by atoms with Crippen molar-refractivity contribution < 1.29 is 4.79 Å². The lowest BCUT2D eigenvalue weighted by Crippen LogP contribution is -2.26. The number of nitrogens with one attached hydrogen (secondary N) is 1. The van der Waals surface area contributed by atoms with Crippen LogP contribution in [0.2, 0.25) is 0 Å². The summed E-state index contributed by atoms with van der Waals surface area (Å²) in [5, 5.41) is 6.21. The molecule has 0 fully saturated rings. The first-order valence-electron chi connectivity index (χ1n) is 5.97. The third-order valence-corrected chi connectivity index (χ3v) is 2.76. The molecule has 0 aliphatic heterocycles. The normalized spacial score (nSPS) is 9.67. The van der Waals surface area contributed by atoms with Crippen molar-refractivity contribution in [2.75, 3.05) is 13.1 Å². The molecule has 0 radical (unpaired) electrons. The van der Waals surface area contributed by atoms with E-state index < -0.39 is 0 Å². The van der Waals surface area contributed by atoms with Gasteiger partial charge < -0.3 is 5.32 Å². The zero-order valence-electron chi connectivity index (χ0n) is 10.8. The van der Waals surface area contributed by atoms with Crippen LogP contribution in [0, 0.1) is 13.8 Å². The number of carbonyl (C=O) groups excluding carboxylic acids is 1. The van der Waals surface area contributed by atoms with Crippen molar-refractivity contribution in [1.82, 2.24) is 5.32 Å². The highest BCUT2D eigenvalue weighted by molar-refractivity contribution is 5.78. The summed E-state index contributed by atoms with van der Waals surface area (Å²) in [5.74, 6) is -0.000750. The third-order valence-electron chi connectivity index (χ3n) is 2.76. The zero-order chi connectivity index (χ0) is 13.4. The highest BCUT2D eigenvalue weighted by Crippen LogP contribution is 2.10. The molecule has 96 valence electrons. The Labute approximate surface area is 107 Å². The van der Waals surface area contributed by atoms with Crippen LogP contribution in [0.5, 0.6) is 0 Å². The maximum atomic E-state index is 11.6. The van der Waals surface area contributed by atoms with E-state index in [1.165, 1.54) is 11.1 Å². The second-order valence-corrected chi connectivity index (χ2v) is 4.25. The topological polar surface area (TPSA) is 77.9 Å². The summed E-state index contributed by atoms with van der Waals surface area (Å²) in [6.07, 6.45) is 1.06. The Morgan fingerprint density at radius 1 is 1.39 bits per heavy atom. The zero-order valence-corrected chi connectivity index (χ0v) is 10.8. The van der Waals surface area contributed by atoms with E-state index >= 15 is 0 Å². The van der Waals surface area contributed by atoms with Gasteiger partial charge in [0.1, 0.15) is 0 Å². The highest BCUT2D eigenvalue weighted by Gasteiger charge is 2.03. The number of rotatable bonds is 6. The predicted molar refractivity (Wildman–Crippen MR) is 71.3 cm³/mol. The molecule has 0 bridgehead atoms. The quantitative estimate of drug-likeness (QED) is 0.356. The van der Waals surface area contributed by atoms with E-state index in [1.807, 2.05) is 25.1 Å². The van der Waals surface area contributed by atoms with Crippen molar-refractivity contribution in [2.45, 2.75) is 26.7 Å². The molecular weight excluding hydrogens is 228 g/mol. The molecule has 5 heteroatoms. The minimum atomic E-state index is -0.000750. The van der Waals surface area contributed by atoms with Gasteiger partial charge in [0.25, 0.3) is 0 Å². The second kappa shape index (κ2) is 7.35. The van der Waals surface area contributed by atoms with Crippen LogP contribution in [0.25, 0.3) is 10.4 Å². The maximum absolute atomic E-state index is 11.6. The van der Waals surface area contributed by atoms with Gasteiger partial charge in [0.2, 0.25) is 5.91 Å². The molecule has 0 aliphatic carbocycles. The minimum Gasteiger partial charge on any atom is -0.356 e. The van der Waals surface area contributed by atoms with Crippen LogP contribution in [0.3, 0.4) is 0 Å². The number of benzene rings is 1. The molecule has 0 saturated carbocycles. The highest BCUT2D eigenvalue weighted by atomic mass is 16.1. The van der Waals surface area contributed by atoms with E-state index in [1.54, 1.807) is 0 Å². The maximum Gasteiger partial charge on any atom is 0.224 e. The van der Waals surface area contributed by atoms with Crippen LogP contribution in [0.15, 0.2) is 23.3 Å². The Bertz CT molecular complexity index is 464. The van der Waals surface area contributed by atoms with E-state index in [-0.39, 0.29) is 5.91 Å². The largest absolute Gasteiger partial charge is 0.356 e. The number of hydrogen-bond donors (Lipinski definition) is 1. The first kappa shape index (κ1) is 14.1. The van der Waals surface area contributed by atoms with Gasteiger partial charge in [-0.25, -0.2) is 0 Å². The van der Waals surface area contributed by atoms with Crippen molar-refractivity contribution in [3.05, 3.63) is 45.3 Å². The first-order valence-corrected chi connectivity index (χ1v) is 5.97. The van der Waals surface area contributed by atoms with Crippen molar-refractivity contribution in [2.24, 2.45) is 5.11 Å². The fourth-order valence-electron chi connectivity index (χ4n) is 1.58. The summed E-state index contributed by atoms with van der Waals surface area (Å²) in [7, 11) is 0. The van der Waals surface area contributed by atoms with E-state index in [0.717, 1.165) is 5.56 Å². The van der Waals surface area contributed by atoms with Crippen LogP contribution in [-0.2, 0) is 11.2 Å². The van der Waals surface area contributed by atoms with Gasteiger partial charge >= 0.3 is 0 Å². The summed E-state index contributed by atoms with van der Waals surface area (Å²) < 4.78 is 0. The Balaban J connectivity index is 2.35. The summed E-state index contributed by atoms with van der Waals surface area (Å²) in [6, 6.07) is 6.04. The monoisotopic (exact) mass is 246 g/mol. The lowest BCUT2D eigenvalue weighted by Gasteiger charge is -2.06. The molecule has 0 saturated heterocycles. The molecule has 0 spiro atoms. The number of amides is 1. The smallest absolute Gasteiger partial charge is 0.224 e. The Morgan fingerprint density at radius 3 is 2.83 bits per heavy atom. The van der Waals surface area contributed by atoms with Gasteiger partial charge in [-0.05, 0) is 42.5 Å². The molecule has 5 nitrogen and oxygen atoms in total. The second-order valence-electron chi connectivity index (χ2n) is 4.25. The van der Waals surface area contributed by atoms with Crippen LogP contribution in [0.1, 0.15) is 23.1 Å². The molecule has 0 aliphatic rings. The molecular formula is C13H18N4O. The van der Waals surface area contributed by atoms with Gasteiger partial charge in [-0.2, -0.15) is 0 Å². The molecule has 0 atom stereocenters. The number of nitrogens with zero attached hydrogens (tertiary/aromatic N) is 3. The van der Waals surface area contributed by atoms with E-state index in [9.17, 15) is 4.79 Å². The van der Waals surface area contributed by atoms with E-state index in [2.05, 4.69) is 22.3 Å². The Hall–Kier alpha value is -2.00. The summed E-state index contributed by atoms with van der Waals surface area (Å²) >= 11 is 0. The average molecular weight is 246 g/mol. The van der Waals surface area contributed by atoms with Gasteiger partial charge in [-0.1, -0.05) is 23.3 Å². The molecule has 1 aromatic carbocycles. The molecule has 0 aromatic heterocycles. The van der Waals surface area contributed by atoms with E-state index in [4.69, 9.17) is 5.53 Å². The molecule has 1 N–H and O–H groups in total. The number of azide groups is 1. The van der Waals surface area contributed by atoms with Gasteiger partial charge in [0.15, 0.2) is 0 Å². The van der Waals surface area contributed by atoms with Gasteiger partial charge in [0.05, 0.1) is 6.42 Å². The number of aryl methyl sites for hydroxylation is 2. The van der Waals surface area contributed by atoms with Crippen molar-refractivity contribution in [3.8, 4) is 0 Å². The third kappa shape index (κ3) is 4.89. The van der Waals surface area contributed by atoms with Gasteiger partial charge in [-0.15, -0.1) is 0 Å². The molecule has 0 heterocycles. The molecule has 0 unspecified atom stereocenters. The fourth-order valence-corrected chi connectivity index (χ4v) is 1.58.